The maximum atomic E-state index is 12.4. The second kappa shape index (κ2) is 11.4. The molecule has 2 aromatic carbocycles. The molecule has 0 atom stereocenters. The van der Waals surface area contributed by atoms with Gasteiger partial charge < -0.3 is 9.88 Å². The third kappa shape index (κ3) is 6.48. The maximum Gasteiger partial charge on any atom is 0.234 e. The largest absolute Gasteiger partial charge is 0.325 e. The number of hydrogen-bond acceptors (Lipinski definition) is 5. The first kappa shape index (κ1) is 22.7. The summed E-state index contributed by atoms with van der Waals surface area (Å²) >= 11 is 6.64. The van der Waals surface area contributed by atoms with E-state index in [1.807, 2.05) is 54.0 Å². The molecule has 1 N–H and O–H groups in total. The standard InChI is InChI=1S/C22H23BrN4OS2/c1-3-11-27-20(14-29-13-17-7-5-4-6-8-17)25-26-22(27)30-15-21(28)24-18-9-10-19(23)16(2)12-18/h3-10,12H,1,11,13-15H2,2H3,(H,24,28). The number of halogens is 1. The average Bonchev–Trinajstić information content (AvgIpc) is 3.12. The van der Waals surface area contributed by atoms with Gasteiger partial charge in [0.2, 0.25) is 5.91 Å². The molecule has 156 valence electrons. The van der Waals surface area contributed by atoms with Gasteiger partial charge in [0.1, 0.15) is 5.82 Å². The first-order valence-electron chi connectivity index (χ1n) is 9.40. The lowest BCUT2D eigenvalue weighted by atomic mass is 10.2. The number of amides is 1. The van der Waals surface area contributed by atoms with Gasteiger partial charge in [0, 0.05) is 22.5 Å². The summed E-state index contributed by atoms with van der Waals surface area (Å²) in [5.41, 5.74) is 3.14. The van der Waals surface area contributed by atoms with E-state index in [-0.39, 0.29) is 11.7 Å². The van der Waals surface area contributed by atoms with Crippen molar-refractivity contribution < 1.29 is 4.79 Å². The minimum absolute atomic E-state index is 0.0742. The number of hydrogen-bond donors (Lipinski definition) is 1. The van der Waals surface area contributed by atoms with Crippen LogP contribution in [0.5, 0.6) is 0 Å². The Morgan fingerprint density at radius 3 is 2.73 bits per heavy atom. The van der Waals surface area contributed by atoms with Crippen molar-refractivity contribution in [1.82, 2.24) is 14.8 Å². The Kier molecular flexibility index (Phi) is 8.60. The number of anilines is 1. The number of aryl methyl sites for hydroxylation is 1. The Balaban J connectivity index is 1.56. The maximum absolute atomic E-state index is 12.4. The number of aromatic nitrogens is 3. The van der Waals surface area contributed by atoms with Crippen LogP contribution in [-0.4, -0.2) is 26.4 Å². The summed E-state index contributed by atoms with van der Waals surface area (Å²) in [7, 11) is 0. The van der Waals surface area contributed by atoms with Gasteiger partial charge in [0.15, 0.2) is 5.16 Å². The van der Waals surface area contributed by atoms with Crippen molar-refractivity contribution in [3.8, 4) is 0 Å². The summed E-state index contributed by atoms with van der Waals surface area (Å²) in [6.07, 6.45) is 1.82. The highest BCUT2D eigenvalue weighted by Gasteiger charge is 2.14. The van der Waals surface area contributed by atoms with E-state index < -0.39 is 0 Å². The van der Waals surface area contributed by atoms with Gasteiger partial charge >= 0.3 is 0 Å². The Labute approximate surface area is 193 Å². The van der Waals surface area contributed by atoms with Crippen LogP contribution in [0.25, 0.3) is 0 Å². The molecule has 8 heteroatoms. The molecule has 0 unspecified atom stereocenters. The minimum Gasteiger partial charge on any atom is -0.325 e. The van der Waals surface area contributed by atoms with Gasteiger partial charge in [-0.1, -0.05) is 64.1 Å². The fourth-order valence-electron chi connectivity index (χ4n) is 2.73. The smallest absolute Gasteiger partial charge is 0.234 e. The molecule has 3 aromatic rings. The lowest BCUT2D eigenvalue weighted by Crippen LogP contribution is -2.15. The van der Waals surface area contributed by atoms with Crippen LogP contribution in [-0.2, 0) is 22.8 Å². The van der Waals surface area contributed by atoms with Crippen LogP contribution in [0.15, 0.2) is 70.8 Å². The van der Waals surface area contributed by atoms with Crippen LogP contribution < -0.4 is 5.32 Å². The molecule has 1 heterocycles. The Morgan fingerprint density at radius 1 is 1.20 bits per heavy atom. The van der Waals surface area contributed by atoms with Crippen molar-refractivity contribution in [2.24, 2.45) is 0 Å². The first-order valence-corrected chi connectivity index (χ1v) is 12.3. The summed E-state index contributed by atoms with van der Waals surface area (Å²) in [6, 6.07) is 16.1. The van der Waals surface area contributed by atoms with E-state index in [1.165, 1.54) is 17.3 Å². The van der Waals surface area contributed by atoms with Crippen LogP contribution >= 0.6 is 39.5 Å². The van der Waals surface area contributed by atoms with E-state index >= 15 is 0 Å². The van der Waals surface area contributed by atoms with Crippen molar-refractivity contribution in [2.75, 3.05) is 11.1 Å². The quantitative estimate of drug-likeness (QED) is 0.284. The number of nitrogens with zero attached hydrogens (tertiary/aromatic N) is 3. The summed E-state index contributed by atoms with van der Waals surface area (Å²) in [5, 5.41) is 12.3. The van der Waals surface area contributed by atoms with E-state index in [2.05, 4.69) is 50.2 Å². The number of carbonyl (C=O) groups is 1. The van der Waals surface area contributed by atoms with Crippen LogP contribution in [0.4, 0.5) is 5.69 Å². The predicted molar refractivity (Wildman–Crippen MR) is 130 cm³/mol. The lowest BCUT2D eigenvalue weighted by molar-refractivity contribution is -0.113. The molecule has 0 aliphatic carbocycles. The van der Waals surface area contributed by atoms with Gasteiger partial charge in [-0.3, -0.25) is 4.79 Å². The molecule has 1 aromatic heterocycles. The summed E-state index contributed by atoms with van der Waals surface area (Å²) in [6.45, 7) is 6.44. The Bertz CT molecular complexity index is 1010. The molecular formula is C22H23BrN4OS2. The summed E-state index contributed by atoms with van der Waals surface area (Å²) in [4.78, 5) is 12.4. The second-order valence-corrected chi connectivity index (χ2v) is 9.36. The van der Waals surface area contributed by atoms with Crippen molar-refractivity contribution in [1.29, 1.82) is 0 Å². The third-order valence-corrected chi connectivity index (χ3v) is 7.08. The molecule has 0 aliphatic heterocycles. The van der Waals surface area contributed by atoms with Gasteiger partial charge in [-0.25, -0.2) is 0 Å². The van der Waals surface area contributed by atoms with Crippen LogP contribution in [0.2, 0.25) is 0 Å². The Hall–Kier alpha value is -2.03. The van der Waals surface area contributed by atoms with Gasteiger partial charge in [-0.05, 0) is 36.2 Å². The normalized spacial score (nSPS) is 10.7. The zero-order valence-electron chi connectivity index (χ0n) is 16.7. The number of benzene rings is 2. The second-order valence-electron chi connectivity index (χ2n) is 6.58. The molecule has 5 nitrogen and oxygen atoms in total. The molecule has 0 aliphatic rings. The van der Waals surface area contributed by atoms with Gasteiger partial charge in [0.25, 0.3) is 0 Å². The molecule has 0 radical (unpaired) electrons. The molecule has 0 spiro atoms. The monoisotopic (exact) mass is 502 g/mol. The molecule has 0 bridgehead atoms. The Morgan fingerprint density at radius 2 is 2.00 bits per heavy atom. The van der Waals surface area contributed by atoms with Crippen LogP contribution in [0.1, 0.15) is 17.0 Å². The van der Waals surface area contributed by atoms with Crippen molar-refractivity contribution in [3.63, 3.8) is 0 Å². The fourth-order valence-corrected chi connectivity index (χ4v) is 4.67. The van der Waals surface area contributed by atoms with Crippen molar-refractivity contribution in [3.05, 3.63) is 82.6 Å². The highest BCUT2D eigenvalue weighted by molar-refractivity contribution is 9.10. The average molecular weight is 503 g/mol. The topological polar surface area (TPSA) is 59.8 Å². The number of carbonyl (C=O) groups excluding carboxylic acids is 1. The van der Waals surface area contributed by atoms with Gasteiger partial charge in [-0.15, -0.1) is 28.5 Å². The van der Waals surface area contributed by atoms with Crippen molar-refractivity contribution in [2.45, 2.75) is 30.1 Å². The zero-order valence-corrected chi connectivity index (χ0v) is 19.9. The molecule has 0 saturated heterocycles. The molecule has 0 fully saturated rings. The van der Waals surface area contributed by atoms with E-state index in [0.717, 1.165) is 38.2 Å². The zero-order chi connectivity index (χ0) is 21.3. The van der Waals surface area contributed by atoms with E-state index in [4.69, 9.17) is 0 Å². The summed E-state index contributed by atoms with van der Waals surface area (Å²) in [5.74, 6) is 2.75. The summed E-state index contributed by atoms with van der Waals surface area (Å²) < 4.78 is 3.04. The van der Waals surface area contributed by atoms with Crippen LogP contribution in [0, 0.1) is 6.92 Å². The van der Waals surface area contributed by atoms with E-state index in [9.17, 15) is 4.79 Å². The number of rotatable bonds is 10. The molecule has 30 heavy (non-hydrogen) atoms. The molecular weight excluding hydrogens is 480 g/mol. The number of nitrogens with one attached hydrogen (secondary N) is 1. The number of allylic oxidation sites excluding steroid dienone is 1. The minimum atomic E-state index is -0.0742. The van der Waals surface area contributed by atoms with E-state index in [0.29, 0.717) is 6.54 Å². The first-order chi connectivity index (χ1) is 14.6. The number of thioether (sulfide) groups is 2. The molecule has 1 amide bonds. The SMILES string of the molecule is C=CCn1c(CSCc2ccccc2)nnc1SCC(=O)Nc1ccc(Br)c(C)c1. The highest BCUT2D eigenvalue weighted by atomic mass is 79.9. The van der Waals surface area contributed by atoms with Crippen molar-refractivity contribution >= 4 is 51.0 Å². The third-order valence-electron chi connectivity index (χ3n) is 4.22. The lowest BCUT2D eigenvalue weighted by Gasteiger charge is -2.09. The molecule has 3 rings (SSSR count). The van der Waals surface area contributed by atoms with Crippen LogP contribution in [0.3, 0.4) is 0 Å². The van der Waals surface area contributed by atoms with E-state index in [1.54, 1.807) is 11.8 Å². The van der Waals surface area contributed by atoms with Gasteiger partial charge in [-0.2, -0.15) is 0 Å². The highest BCUT2D eigenvalue weighted by Crippen LogP contribution is 2.23. The predicted octanol–water partition coefficient (Wildman–Crippen LogP) is 5.70. The fraction of sp³-hybridized carbons (Fsp3) is 0.227. The van der Waals surface area contributed by atoms with Gasteiger partial charge in [0.05, 0.1) is 11.5 Å². The molecule has 0 saturated carbocycles.